The van der Waals surface area contributed by atoms with Gasteiger partial charge in [-0.25, -0.2) is 4.79 Å². The van der Waals surface area contributed by atoms with E-state index in [0.717, 1.165) is 42.5 Å². The third-order valence-electron chi connectivity index (χ3n) is 8.25. The molecule has 0 bridgehead atoms. The van der Waals surface area contributed by atoms with E-state index in [1.54, 1.807) is 0 Å². The first-order chi connectivity index (χ1) is 17.9. The van der Waals surface area contributed by atoms with Crippen molar-refractivity contribution < 1.29 is 19.2 Å². The van der Waals surface area contributed by atoms with Gasteiger partial charge in [-0.15, -0.1) is 0 Å². The summed E-state index contributed by atoms with van der Waals surface area (Å²) in [6, 6.07) is 26.5. The summed E-state index contributed by atoms with van der Waals surface area (Å²) < 4.78 is 0. The highest BCUT2D eigenvalue weighted by Gasteiger charge is 2.66. The van der Waals surface area contributed by atoms with Crippen LogP contribution in [0.25, 0.3) is 21.5 Å². The minimum absolute atomic E-state index is 0.00991. The predicted molar refractivity (Wildman–Crippen MR) is 141 cm³/mol. The highest BCUT2D eigenvalue weighted by molar-refractivity contribution is 6.21. The first kappa shape index (κ1) is 23.1. The summed E-state index contributed by atoms with van der Waals surface area (Å²) in [5.74, 6) is -2.58. The molecule has 0 aromatic heterocycles. The Kier molecular flexibility index (Phi) is 5.23. The number of hydrogen-bond acceptors (Lipinski definition) is 4. The fourth-order valence-corrected chi connectivity index (χ4v) is 6.56. The zero-order valence-corrected chi connectivity index (χ0v) is 20.7. The Morgan fingerprint density at radius 3 is 1.46 bits per heavy atom. The van der Waals surface area contributed by atoms with Crippen molar-refractivity contribution in [3.05, 3.63) is 96.1 Å². The van der Waals surface area contributed by atoms with Crippen molar-refractivity contribution in [3.63, 3.8) is 0 Å². The molecule has 1 spiro atoms. The number of hydrogen-bond donors (Lipinski definition) is 0. The monoisotopic (exact) mass is 490 g/mol. The van der Waals surface area contributed by atoms with Gasteiger partial charge in [0.25, 0.3) is 0 Å². The van der Waals surface area contributed by atoms with Crippen LogP contribution < -0.4 is 0 Å². The van der Waals surface area contributed by atoms with E-state index < -0.39 is 35.1 Å². The Balaban J connectivity index is 1.70. The second kappa shape index (κ2) is 8.37. The number of rotatable bonds is 2. The van der Waals surface area contributed by atoms with E-state index in [2.05, 4.69) is 0 Å². The van der Waals surface area contributed by atoms with Crippen molar-refractivity contribution in [1.82, 2.24) is 9.80 Å². The smallest absolute Gasteiger partial charge is 0.300 e. The van der Waals surface area contributed by atoms with Crippen molar-refractivity contribution in [2.75, 3.05) is 14.1 Å². The summed E-state index contributed by atoms with van der Waals surface area (Å²) in [4.78, 5) is 57.2. The van der Waals surface area contributed by atoms with Crippen LogP contribution in [0.5, 0.6) is 0 Å². The van der Waals surface area contributed by atoms with E-state index in [4.69, 9.17) is 0 Å². The molecule has 2 aliphatic rings. The van der Waals surface area contributed by atoms with E-state index >= 15 is 0 Å². The molecule has 1 aliphatic carbocycles. The van der Waals surface area contributed by atoms with Crippen molar-refractivity contribution in [2.24, 2.45) is 5.41 Å². The fraction of sp³-hybridized carbons (Fsp3) is 0.226. The summed E-state index contributed by atoms with van der Waals surface area (Å²) in [7, 11) is 2.85. The lowest BCUT2D eigenvalue weighted by molar-refractivity contribution is -0.163. The second-order valence-corrected chi connectivity index (χ2v) is 10.1. The summed E-state index contributed by atoms with van der Waals surface area (Å²) >= 11 is 0. The normalized spacial score (nSPS) is 21.9. The maximum atomic E-state index is 14.4. The molecule has 184 valence electrons. The first-order valence-corrected chi connectivity index (χ1v) is 12.4. The van der Waals surface area contributed by atoms with Gasteiger partial charge in [-0.05, 0) is 32.7 Å². The van der Waals surface area contributed by atoms with Crippen LogP contribution in [0, 0.1) is 5.41 Å². The number of barbiturate groups is 1. The average Bonchev–Trinajstić information content (AvgIpc) is 2.93. The molecule has 4 amide bonds. The molecular weight excluding hydrogens is 464 g/mol. The zero-order valence-electron chi connectivity index (χ0n) is 20.7. The number of fused-ring (bicyclic) bond motifs is 2. The Morgan fingerprint density at radius 1 is 0.595 bits per heavy atom. The minimum Gasteiger partial charge on any atom is -0.300 e. The molecule has 4 aromatic carbocycles. The lowest BCUT2D eigenvalue weighted by Crippen LogP contribution is -2.68. The van der Waals surface area contributed by atoms with Gasteiger partial charge in [-0.2, -0.15) is 0 Å². The van der Waals surface area contributed by atoms with Crippen molar-refractivity contribution in [1.29, 1.82) is 0 Å². The molecule has 1 saturated carbocycles. The highest BCUT2D eigenvalue weighted by Crippen LogP contribution is 2.58. The largest absolute Gasteiger partial charge is 0.332 e. The van der Waals surface area contributed by atoms with Gasteiger partial charge in [0, 0.05) is 38.8 Å². The third kappa shape index (κ3) is 3.18. The molecule has 1 saturated heterocycles. The molecule has 0 N–H and O–H groups in total. The van der Waals surface area contributed by atoms with E-state index in [-0.39, 0.29) is 18.6 Å². The summed E-state index contributed by atoms with van der Waals surface area (Å²) in [6.07, 6.45) is 0.0885. The van der Waals surface area contributed by atoms with Gasteiger partial charge in [-0.3, -0.25) is 24.2 Å². The van der Waals surface area contributed by atoms with Gasteiger partial charge in [0.1, 0.15) is 11.2 Å². The molecule has 37 heavy (non-hydrogen) atoms. The van der Waals surface area contributed by atoms with Gasteiger partial charge in [0.05, 0.1) is 0 Å². The predicted octanol–water partition coefficient (Wildman–Crippen LogP) is 5.26. The fourth-order valence-electron chi connectivity index (χ4n) is 6.56. The van der Waals surface area contributed by atoms with Crippen LogP contribution in [0.4, 0.5) is 4.79 Å². The lowest BCUT2D eigenvalue weighted by atomic mass is 9.53. The molecule has 2 unspecified atom stereocenters. The van der Waals surface area contributed by atoms with Gasteiger partial charge in [0.15, 0.2) is 0 Å². The molecule has 1 heterocycles. The Morgan fingerprint density at radius 2 is 1.00 bits per heavy atom. The number of imide groups is 2. The molecule has 2 atom stereocenters. The third-order valence-corrected chi connectivity index (χ3v) is 8.25. The number of nitrogens with zero attached hydrogens (tertiary/aromatic N) is 2. The number of carbonyl (C=O) groups excluding carboxylic acids is 4. The molecule has 6 rings (SSSR count). The molecule has 0 radical (unpaired) electrons. The van der Waals surface area contributed by atoms with Crippen LogP contribution in [0.15, 0.2) is 84.9 Å². The number of benzene rings is 4. The Hall–Kier alpha value is -4.32. The van der Waals surface area contributed by atoms with E-state index in [1.807, 2.05) is 84.9 Å². The molecular formula is C31H26N2O4. The van der Waals surface area contributed by atoms with Crippen LogP contribution in [-0.4, -0.2) is 47.5 Å². The Labute approximate surface area is 214 Å². The van der Waals surface area contributed by atoms with Crippen LogP contribution in [0.3, 0.4) is 0 Å². The van der Waals surface area contributed by atoms with E-state index in [0.29, 0.717) is 0 Å². The van der Waals surface area contributed by atoms with Gasteiger partial charge in [-0.1, -0.05) is 84.9 Å². The first-order valence-electron chi connectivity index (χ1n) is 12.4. The summed E-state index contributed by atoms with van der Waals surface area (Å²) in [5, 5.41) is 3.71. The number of urea groups is 1. The second-order valence-electron chi connectivity index (χ2n) is 10.1. The lowest BCUT2D eigenvalue weighted by Gasteiger charge is -2.52. The topological polar surface area (TPSA) is 74.8 Å². The van der Waals surface area contributed by atoms with Crippen LogP contribution in [-0.2, 0) is 14.4 Å². The highest BCUT2D eigenvalue weighted by atomic mass is 16.2. The molecule has 1 aliphatic heterocycles. The van der Waals surface area contributed by atoms with Crippen LogP contribution >= 0.6 is 0 Å². The molecule has 6 nitrogen and oxygen atoms in total. The van der Waals surface area contributed by atoms with E-state index in [9.17, 15) is 19.2 Å². The minimum atomic E-state index is -1.65. The number of amides is 4. The van der Waals surface area contributed by atoms with E-state index in [1.165, 1.54) is 14.1 Å². The summed E-state index contributed by atoms with van der Waals surface area (Å²) in [5.41, 5.74) is -0.108. The Bertz CT molecular complexity index is 1500. The molecule has 2 fully saturated rings. The molecule has 4 aromatic rings. The maximum absolute atomic E-state index is 14.4. The van der Waals surface area contributed by atoms with Crippen molar-refractivity contribution in [2.45, 2.75) is 24.7 Å². The van der Waals surface area contributed by atoms with Gasteiger partial charge in [0.2, 0.25) is 11.8 Å². The quantitative estimate of drug-likeness (QED) is 0.359. The number of Topliss-reactive ketones (excluding diaryl/α,β-unsaturated/α-hetero) is 1. The van der Waals surface area contributed by atoms with Crippen molar-refractivity contribution in [3.8, 4) is 0 Å². The number of carbonyl (C=O) groups is 4. The molecule has 6 heteroatoms. The number of ketones is 1. The van der Waals surface area contributed by atoms with Gasteiger partial charge < -0.3 is 0 Å². The standard InChI is InChI=1S/C31H26N2O4/c1-32-28(35)31(29(36)33(2)30(32)37)26(24-15-7-11-19-9-3-5-13-22(19)24)17-21(34)18-27(31)25-16-8-12-20-10-4-6-14-23(20)25/h3-16,26-27H,17-18H2,1-2H3. The maximum Gasteiger partial charge on any atom is 0.332 e. The summed E-state index contributed by atoms with van der Waals surface area (Å²) in [6.45, 7) is 0. The van der Waals surface area contributed by atoms with Gasteiger partial charge >= 0.3 is 6.03 Å². The van der Waals surface area contributed by atoms with Crippen LogP contribution in [0.2, 0.25) is 0 Å². The van der Waals surface area contributed by atoms with Crippen molar-refractivity contribution >= 4 is 45.2 Å². The van der Waals surface area contributed by atoms with Crippen LogP contribution in [0.1, 0.15) is 35.8 Å². The SMILES string of the molecule is CN1C(=O)N(C)C(=O)C2(C1=O)C(c1cccc3ccccc13)CC(=O)CC2c1cccc2ccccc12. The zero-order chi connectivity index (χ0) is 25.9. The average molecular weight is 491 g/mol.